The van der Waals surface area contributed by atoms with Gasteiger partial charge < -0.3 is 13.1 Å². The fourth-order valence-electron chi connectivity index (χ4n) is 1.11. The highest BCUT2D eigenvalue weighted by Gasteiger charge is 2.11. The molecule has 0 spiro atoms. The van der Waals surface area contributed by atoms with E-state index >= 15 is 0 Å². The number of hydrogen-bond acceptors (Lipinski definition) is 3. The average Bonchev–Trinajstić information content (AvgIpc) is 2.50. The molecule has 0 saturated carbocycles. The van der Waals surface area contributed by atoms with E-state index in [1.807, 2.05) is 0 Å². The van der Waals surface area contributed by atoms with Gasteiger partial charge in [0.15, 0.2) is 0 Å². The number of hydrogen-bond donors (Lipinski definition) is 0. The van der Waals surface area contributed by atoms with E-state index in [9.17, 15) is 0 Å². The van der Waals surface area contributed by atoms with Gasteiger partial charge in [0.05, 0.1) is 0 Å². The molecule has 1 heterocycles. The third kappa shape index (κ3) is 5.46. The molecule has 0 aromatic carbocycles. The minimum absolute atomic E-state index is 0. The van der Waals surface area contributed by atoms with Gasteiger partial charge in [-0.3, -0.25) is 0 Å². The van der Waals surface area contributed by atoms with Crippen LogP contribution in [0.2, 0.25) is 0 Å². The van der Waals surface area contributed by atoms with Crippen molar-refractivity contribution >= 4 is 42.7 Å². The highest BCUT2D eigenvalue weighted by Crippen LogP contribution is 2.05. The summed E-state index contributed by atoms with van der Waals surface area (Å²) in [6, 6.07) is 0. The van der Waals surface area contributed by atoms with Crippen molar-refractivity contribution in [3.8, 4) is 0 Å². The highest BCUT2D eigenvalue weighted by atomic mass is 35.5. The Labute approximate surface area is 88.1 Å². The van der Waals surface area contributed by atoms with Crippen molar-refractivity contribution < 1.29 is 8.23 Å². The van der Waals surface area contributed by atoms with Crippen molar-refractivity contribution in [2.75, 3.05) is 19.3 Å². The molecule has 1 aliphatic heterocycles. The van der Waals surface area contributed by atoms with Crippen molar-refractivity contribution in [1.82, 2.24) is 4.90 Å². The van der Waals surface area contributed by atoms with Crippen molar-refractivity contribution in [3.05, 3.63) is 0 Å². The highest BCUT2D eigenvalue weighted by molar-refractivity contribution is 6.41. The zero-order chi connectivity index (χ0) is 7.94. The Hall–Kier alpha value is 0.821. The molecule has 12 heavy (non-hydrogen) atoms. The summed E-state index contributed by atoms with van der Waals surface area (Å²) in [5.41, 5.74) is 0. The van der Waals surface area contributed by atoms with E-state index in [2.05, 4.69) is 19.5 Å². The van der Waals surface area contributed by atoms with Gasteiger partial charge in [0.2, 0.25) is 20.2 Å². The molecule has 7 radical (unpaired) electrons. The number of halogens is 1. The van der Waals surface area contributed by atoms with E-state index in [1.54, 1.807) is 0 Å². The maximum absolute atomic E-state index is 5.19. The fraction of sp³-hybridized carbons (Fsp3) is 1.00. The van der Waals surface area contributed by atoms with Crippen LogP contribution in [0.4, 0.5) is 0 Å². The van der Waals surface area contributed by atoms with E-state index in [0.29, 0.717) is 9.76 Å². The molecule has 0 aromatic heterocycles. The van der Waals surface area contributed by atoms with E-state index in [1.165, 1.54) is 25.9 Å². The summed E-state index contributed by atoms with van der Waals surface area (Å²) in [7, 11) is 3.58. The van der Waals surface area contributed by atoms with Gasteiger partial charge in [-0.2, -0.15) is 0 Å². The van der Waals surface area contributed by atoms with E-state index in [-0.39, 0.29) is 22.4 Å². The van der Waals surface area contributed by atoms with Crippen LogP contribution in [-0.4, -0.2) is 54.4 Å². The lowest BCUT2D eigenvalue weighted by Crippen LogP contribution is -2.27. The van der Waals surface area contributed by atoms with E-state index in [4.69, 9.17) is 4.12 Å². The Kier molecular flexibility index (Phi) is 9.00. The molecule has 3 nitrogen and oxygen atoms in total. The maximum Gasteiger partial charge on any atom is 0.409 e. The molecule has 1 rings (SSSR count). The first-order valence-electron chi connectivity index (χ1n) is 3.62. The van der Waals surface area contributed by atoms with Crippen LogP contribution in [0.3, 0.4) is 0 Å². The molecule has 0 amide bonds. The summed E-state index contributed by atoms with van der Waals surface area (Å²) in [4.78, 5) is 2.43. The summed E-state index contributed by atoms with van der Waals surface area (Å²) in [5, 5.41) is 0. The maximum atomic E-state index is 5.19. The van der Waals surface area contributed by atoms with Gasteiger partial charge in [0.1, 0.15) is 0 Å². The Bertz CT molecular complexity index is 105. The SMILES string of the molecule is Cl.[Si]O[Si]O[Si]CN1CCCC1. The quantitative estimate of drug-likeness (QED) is 0.485. The van der Waals surface area contributed by atoms with Crippen LogP contribution in [0.1, 0.15) is 12.8 Å². The second kappa shape index (κ2) is 8.42. The minimum Gasteiger partial charge on any atom is -0.435 e. The molecular formula is C5H11ClNO2Si3. The van der Waals surface area contributed by atoms with Gasteiger partial charge in [-0.05, 0) is 25.9 Å². The molecule has 7 heteroatoms. The molecule has 0 aromatic rings. The van der Waals surface area contributed by atoms with Crippen molar-refractivity contribution in [2.24, 2.45) is 0 Å². The van der Waals surface area contributed by atoms with Crippen LogP contribution in [0.5, 0.6) is 0 Å². The first kappa shape index (κ1) is 12.8. The van der Waals surface area contributed by atoms with Crippen LogP contribution in [0.15, 0.2) is 0 Å². The lowest BCUT2D eigenvalue weighted by Gasteiger charge is -2.12. The predicted octanol–water partition coefficient (Wildman–Crippen LogP) is -0.268. The molecule has 1 aliphatic rings. The second-order valence-electron chi connectivity index (χ2n) is 2.42. The zero-order valence-electron chi connectivity index (χ0n) is 6.71. The van der Waals surface area contributed by atoms with Gasteiger partial charge in [-0.15, -0.1) is 12.4 Å². The van der Waals surface area contributed by atoms with E-state index in [0.717, 1.165) is 6.17 Å². The molecule has 0 aliphatic carbocycles. The predicted molar refractivity (Wildman–Crippen MR) is 52.4 cm³/mol. The summed E-state index contributed by atoms with van der Waals surface area (Å²) >= 11 is 0. The number of likely N-dealkylation sites (tertiary alicyclic amines) is 1. The summed E-state index contributed by atoms with van der Waals surface area (Å²) < 4.78 is 9.79. The molecule has 67 valence electrons. The standard InChI is InChI=1S/C5H10NO2Si3.ClH/c9-7-11-8-10-5-6-3-1-2-4-6;/h1-5H2;1H. The van der Waals surface area contributed by atoms with Gasteiger partial charge in [0.25, 0.3) is 0 Å². The van der Waals surface area contributed by atoms with Gasteiger partial charge in [0, 0.05) is 6.17 Å². The zero-order valence-corrected chi connectivity index (χ0v) is 10.5. The largest absolute Gasteiger partial charge is 0.435 e. The van der Waals surface area contributed by atoms with Gasteiger partial charge in [-0.1, -0.05) is 0 Å². The number of nitrogens with zero attached hydrogens (tertiary/aromatic N) is 1. The Balaban J connectivity index is 0.00000121. The van der Waals surface area contributed by atoms with Crippen LogP contribution in [0, 0.1) is 0 Å². The molecule has 0 unspecified atom stereocenters. The molecule has 1 fully saturated rings. The summed E-state index contributed by atoms with van der Waals surface area (Å²) in [6.07, 6.45) is 3.77. The van der Waals surface area contributed by atoms with E-state index < -0.39 is 0 Å². The average molecular weight is 237 g/mol. The summed E-state index contributed by atoms with van der Waals surface area (Å²) in [6.45, 7) is 2.49. The van der Waals surface area contributed by atoms with Crippen molar-refractivity contribution in [3.63, 3.8) is 0 Å². The topological polar surface area (TPSA) is 21.7 Å². The van der Waals surface area contributed by atoms with Gasteiger partial charge in [-0.25, -0.2) is 0 Å². The molecule has 1 saturated heterocycles. The fourth-order valence-corrected chi connectivity index (χ4v) is 2.65. The van der Waals surface area contributed by atoms with Crippen LogP contribution in [-0.2, 0) is 8.23 Å². The molecule has 0 N–H and O–H groups in total. The Morgan fingerprint density at radius 2 is 2.00 bits per heavy atom. The van der Waals surface area contributed by atoms with Crippen molar-refractivity contribution in [1.29, 1.82) is 0 Å². The lowest BCUT2D eigenvalue weighted by molar-refractivity contribution is 0.378. The van der Waals surface area contributed by atoms with Crippen LogP contribution >= 0.6 is 12.4 Å². The number of rotatable bonds is 5. The normalized spacial score (nSPS) is 17.8. The summed E-state index contributed by atoms with van der Waals surface area (Å²) in [5.74, 6) is 0. The minimum atomic E-state index is 0. The third-order valence-electron chi connectivity index (χ3n) is 1.64. The second-order valence-corrected chi connectivity index (χ2v) is 4.82. The smallest absolute Gasteiger partial charge is 0.409 e. The van der Waals surface area contributed by atoms with Gasteiger partial charge >= 0.3 is 10.0 Å². The van der Waals surface area contributed by atoms with Crippen LogP contribution in [0.25, 0.3) is 0 Å². The Morgan fingerprint density at radius 1 is 1.33 bits per heavy atom. The molecular weight excluding hydrogens is 226 g/mol. The Morgan fingerprint density at radius 3 is 2.58 bits per heavy atom. The first-order chi connectivity index (χ1) is 5.43. The van der Waals surface area contributed by atoms with Crippen LogP contribution < -0.4 is 0 Å². The first-order valence-corrected chi connectivity index (χ1v) is 5.96. The molecule has 0 atom stereocenters. The lowest BCUT2D eigenvalue weighted by atomic mass is 10.4. The monoisotopic (exact) mass is 236 g/mol. The van der Waals surface area contributed by atoms with Crippen molar-refractivity contribution in [2.45, 2.75) is 12.8 Å². The molecule has 0 bridgehead atoms. The third-order valence-corrected chi connectivity index (χ3v) is 3.46.